The molecule has 4 aromatic rings. The number of aryl methyl sites for hydroxylation is 2. The monoisotopic (exact) mass is 408 g/mol. The Morgan fingerprint density at radius 2 is 2.00 bits per heavy atom. The number of aromatic nitrogens is 4. The number of anilines is 1. The van der Waals surface area contributed by atoms with Gasteiger partial charge in [0.15, 0.2) is 0 Å². The highest BCUT2D eigenvalue weighted by atomic mass is 32.1. The van der Waals surface area contributed by atoms with E-state index in [1.54, 1.807) is 7.11 Å². The summed E-state index contributed by atoms with van der Waals surface area (Å²) < 4.78 is 5.19. The van der Waals surface area contributed by atoms with Crippen LogP contribution in [0.3, 0.4) is 0 Å². The van der Waals surface area contributed by atoms with Crippen LogP contribution in [0.5, 0.6) is 5.75 Å². The van der Waals surface area contributed by atoms with E-state index in [4.69, 9.17) is 10.5 Å². The summed E-state index contributed by atoms with van der Waals surface area (Å²) in [7, 11) is 1.67. The number of hydrogen-bond donors (Lipinski definition) is 3. The number of H-pyrrole nitrogens is 1. The normalized spacial score (nSPS) is 12.2. The van der Waals surface area contributed by atoms with E-state index in [9.17, 15) is 0 Å². The van der Waals surface area contributed by atoms with Gasteiger partial charge < -0.3 is 15.8 Å². The maximum absolute atomic E-state index is 6.27. The number of aromatic amines is 1. The Morgan fingerprint density at radius 3 is 2.79 bits per heavy atom. The van der Waals surface area contributed by atoms with Gasteiger partial charge in [0.1, 0.15) is 10.8 Å². The number of ether oxygens (including phenoxy) is 1. The average molecular weight is 409 g/mol. The number of hydrogen-bond acceptors (Lipinski definition) is 7. The predicted molar refractivity (Wildman–Crippen MR) is 118 cm³/mol. The van der Waals surface area contributed by atoms with E-state index in [0.29, 0.717) is 6.54 Å². The van der Waals surface area contributed by atoms with Crippen molar-refractivity contribution in [2.24, 2.45) is 5.73 Å². The van der Waals surface area contributed by atoms with Gasteiger partial charge in [0, 0.05) is 29.2 Å². The molecule has 0 radical (unpaired) electrons. The quantitative estimate of drug-likeness (QED) is 0.410. The Morgan fingerprint density at radius 1 is 1.17 bits per heavy atom. The molecule has 2 aromatic heterocycles. The molecule has 0 saturated heterocycles. The minimum atomic E-state index is 0.0365. The topological polar surface area (TPSA) is 102 Å². The molecule has 4 rings (SSSR count). The molecule has 8 heteroatoms. The van der Waals surface area contributed by atoms with Crippen molar-refractivity contribution in [3.8, 4) is 16.3 Å². The van der Waals surface area contributed by atoms with Crippen molar-refractivity contribution in [1.29, 1.82) is 0 Å². The summed E-state index contributed by atoms with van der Waals surface area (Å²) in [6, 6.07) is 14.3. The van der Waals surface area contributed by atoms with E-state index >= 15 is 0 Å². The zero-order valence-electron chi connectivity index (χ0n) is 16.5. The minimum Gasteiger partial charge on any atom is -0.497 e. The smallest absolute Gasteiger partial charge is 0.206 e. The molecule has 1 unspecified atom stereocenters. The fourth-order valence-electron chi connectivity index (χ4n) is 3.15. The molecule has 2 aromatic carbocycles. The zero-order valence-corrected chi connectivity index (χ0v) is 17.3. The van der Waals surface area contributed by atoms with E-state index in [2.05, 4.69) is 43.9 Å². The van der Waals surface area contributed by atoms with Gasteiger partial charge in [-0.3, -0.25) is 5.10 Å². The summed E-state index contributed by atoms with van der Waals surface area (Å²) >= 11 is 1.53. The molecule has 29 heavy (non-hydrogen) atoms. The third-order valence-corrected chi connectivity index (χ3v) is 5.82. The Balaban J connectivity index is 1.31. The number of methoxy groups -OCH3 is 1. The Hall–Kier alpha value is -2.97. The lowest BCUT2D eigenvalue weighted by Crippen LogP contribution is -2.29. The lowest BCUT2D eigenvalue weighted by Gasteiger charge is -2.12. The highest BCUT2D eigenvalue weighted by molar-refractivity contribution is 7.18. The van der Waals surface area contributed by atoms with Gasteiger partial charge in [-0.25, -0.2) is 0 Å². The molecule has 0 aliphatic heterocycles. The standard InChI is InChI=1S/C21H24N6OS/c1-13-18-11-15(6-10-19(18)25-24-13)20-26-27-21(29-20)23-12-16(22)7-3-14-4-8-17(28-2)9-5-14/h4-6,8-11,16H,3,7,12,22H2,1-2H3,(H,23,27)(H,24,25). The van der Waals surface area contributed by atoms with Gasteiger partial charge >= 0.3 is 0 Å². The van der Waals surface area contributed by atoms with Gasteiger partial charge in [-0.15, -0.1) is 10.2 Å². The number of nitrogens with zero attached hydrogens (tertiary/aromatic N) is 3. The number of rotatable bonds is 8. The molecule has 4 N–H and O–H groups in total. The summed E-state index contributed by atoms with van der Waals surface area (Å²) in [5, 5.41) is 21.9. The molecule has 0 saturated carbocycles. The second kappa shape index (κ2) is 8.59. The number of benzene rings is 2. The van der Waals surface area contributed by atoms with Crippen molar-refractivity contribution >= 4 is 27.4 Å². The van der Waals surface area contributed by atoms with Crippen LogP contribution < -0.4 is 15.8 Å². The fourth-order valence-corrected chi connectivity index (χ4v) is 3.89. The van der Waals surface area contributed by atoms with E-state index < -0.39 is 0 Å². The van der Waals surface area contributed by atoms with Crippen molar-refractivity contribution in [3.63, 3.8) is 0 Å². The van der Waals surface area contributed by atoms with Crippen molar-refractivity contribution in [1.82, 2.24) is 20.4 Å². The Kier molecular flexibility index (Phi) is 5.73. The third-order valence-electron chi connectivity index (χ3n) is 4.89. The summed E-state index contributed by atoms with van der Waals surface area (Å²) in [5.41, 5.74) is 10.6. The molecule has 0 fully saturated rings. The van der Waals surface area contributed by atoms with Crippen LogP contribution >= 0.6 is 11.3 Å². The minimum absolute atomic E-state index is 0.0365. The molecule has 1 atom stereocenters. The molecule has 0 bridgehead atoms. The number of fused-ring (bicyclic) bond motifs is 1. The van der Waals surface area contributed by atoms with Crippen LogP contribution in [0, 0.1) is 6.92 Å². The summed E-state index contributed by atoms with van der Waals surface area (Å²) in [6.07, 6.45) is 1.82. The second-order valence-corrected chi connectivity index (χ2v) is 8.00. The fraction of sp³-hybridized carbons (Fsp3) is 0.286. The maximum atomic E-state index is 6.27. The van der Waals surface area contributed by atoms with Gasteiger partial charge in [-0.05, 0) is 55.7 Å². The van der Waals surface area contributed by atoms with Gasteiger partial charge in [0.25, 0.3) is 0 Å². The Bertz CT molecular complexity index is 1090. The predicted octanol–water partition coefficient (Wildman–Crippen LogP) is 3.77. The molecule has 0 amide bonds. The van der Waals surface area contributed by atoms with Gasteiger partial charge in [-0.2, -0.15) is 5.10 Å². The highest BCUT2D eigenvalue weighted by Gasteiger charge is 2.11. The summed E-state index contributed by atoms with van der Waals surface area (Å²) in [6.45, 7) is 2.67. The molecule has 150 valence electrons. The average Bonchev–Trinajstić information content (AvgIpc) is 3.38. The van der Waals surface area contributed by atoms with Crippen molar-refractivity contribution < 1.29 is 4.74 Å². The number of nitrogens with two attached hydrogens (primary N) is 1. The highest BCUT2D eigenvalue weighted by Crippen LogP contribution is 2.29. The van der Waals surface area contributed by atoms with E-state index in [1.807, 2.05) is 31.2 Å². The van der Waals surface area contributed by atoms with Gasteiger partial charge in [0.2, 0.25) is 5.13 Å². The first-order valence-electron chi connectivity index (χ1n) is 9.53. The van der Waals surface area contributed by atoms with E-state index in [-0.39, 0.29) is 6.04 Å². The van der Waals surface area contributed by atoms with Crippen LogP contribution in [0.2, 0.25) is 0 Å². The van der Waals surface area contributed by atoms with Crippen molar-refractivity contribution in [2.75, 3.05) is 19.0 Å². The summed E-state index contributed by atoms with van der Waals surface area (Å²) in [5.74, 6) is 0.869. The maximum Gasteiger partial charge on any atom is 0.206 e. The van der Waals surface area contributed by atoms with Crippen LogP contribution in [-0.4, -0.2) is 40.1 Å². The van der Waals surface area contributed by atoms with Crippen LogP contribution in [0.4, 0.5) is 5.13 Å². The zero-order chi connectivity index (χ0) is 20.2. The molecular weight excluding hydrogens is 384 g/mol. The molecular formula is C21H24N6OS. The molecule has 7 nitrogen and oxygen atoms in total. The second-order valence-electron chi connectivity index (χ2n) is 7.02. The SMILES string of the molecule is COc1ccc(CCC(N)CNc2nnc(-c3ccc4n[nH]c(C)c4c3)s2)cc1. The van der Waals surface area contributed by atoms with Gasteiger partial charge in [0.05, 0.1) is 12.6 Å². The largest absolute Gasteiger partial charge is 0.497 e. The molecule has 0 aliphatic carbocycles. The van der Waals surface area contributed by atoms with Crippen LogP contribution in [0.25, 0.3) is 21.5 Å². The first-order valence-corrected chi connectivity index (χ1v) is 10.3. The lowest BCUT2D eigenvalue weighted by molar-refractivity contribution is 0.414. The molecule has 0 aliphatic rings. The van der Waals surface area contributed by atoms with E-state index in [0.717, 1.165) is 50.9 Å². The van der Waals surface area contributed by atoms with Crippen LogP contribution in [-0.2, 0) is 6.42 Å². The first-order chi connectivity index (χ1) is 14.1. The third kappa shape index (κ3) is 4.55. The summed E-state index contributed by atoms with van der Waals surface area (Å²) in [4.78, 5) is 0. The molecule has 0 spiro atoms. The van der Waals surface area contributed by atoms with Crippen molar-refractivity contribution in [2.45, 2.75) is 25.8 Å². The molecule has 2 heterocycles. The van der Waals surface area contributed by atoms with Crippen LogP contribution in [0.1, 0.15) is 17.7 Å². The number of nitrogens with one attached hydrogen (secondary N) is 2. The lowest BCUT2D eigenvalue weighted by atomic mass is 10.1. The first kappa shape index (κ1) is 19.4. The van der Waals surface area contributed by atoms with E-state index in [1.165, 1.54) is 16.9 Å². The van der Waals surface area contributed by atoms with Crippen molar-refractivity contribution in [3.05, 3.63) is 53.7 Å². The van der Waals surface area contributed by atoms with Gasteiger partial charge in [-0.1, -0.05) is 23.5 Å². The Labute approximate surface area is 173 Å². The van der Waals surface area contributed by atoms with Crippen LogP contribution in [0.15, 0.2) is 42.5 Å².